The average molecular weight is 199 g/mol. The maximum atomic E-state index is 11.4. The molecular weight excluding hydrogens is 186 g/mol. The van der Waals surface area contributed by atoms with Crippen LogP contribution in [0.3, 0.4) is 0 Å². The molecule has 0 heterocycles. The Kier molecular flexibility index (Phi) is 3.64. The molecule has 0 bridgehead atoms. The molecule has 0 fully saturated rings. The zero-order valence-electron chi connectivity index (χ0n) is 7.64. The van der Waals surface area contributed by atoms with Gasteiger partial charge in [-0.05, 0) is 12.8 Å². The van der Waals surface area contributed by atoms with Crippen molar-refractivity contribution in [2.24, 2.45) is 5.92 Å². The summed E-state index contributed by atoms with van der Waals surface area (Å²) >= 11 is 0. The molecule has 14 heavy (non-hydrogen) atoms. The summed E-state index contributed by atoms with van der Waals surface area (Å²) < 4.78 is 0. The molecule has 5 nitrogen and oxygen atoms in total. The zero-order valence-corrected chi connectivity index (χ0v) is 7.64. The van der Waals surface area contributed by atoms with E-state index in [1.165, 1.54) is 0 Å². The van der Waals surface area contributed by atoms with E-state index in [0.29, 0.717) is 12.8 Å². The minimum absolute atomic E-state index is 0.177. The first-order chi connectivity index (χ1) is 6.65. The highest BCUT2D eigenvalue weighted by atomic mass is 16.4. The van der Waals surface area contributed by atoms with Gasteiger partial charge in [0.05, 0.1) is 6.61 Å². The number of aliphatic hydroxyl groups excluding tert-OH is 1. The van der Waals surface area contributed by atoms with Gasteiger partial charge >= 0.3 is 5.97 Å². The van der Waals surface area contributed by atoms with Crippen molar-refractivity contribution in [3.63, 3.8) is 0 Å². The summed E-state index contributed by atoms with van der Waals surface area (Å²) in [6.07, 6.45) is 5.06. The number of nitrogens with one attached hydrogen (secondary N) is 1. The number of allylic oxidation sites excluding steroid dienone is 2. The van der Waals surface area contributed by atoms with Crippen molar-refractivity contribution in [3.8, 4) is 0 Å². The van der Waals surface area contributed by atoms with Gasteiger partial charge < -0.3 is 15.5 Å². The van der Waals surface area contributed by atoms with E-state index in [9.17, 15) is 9.59 Å². The van der Waals surface area contributed by atoms with Gasteiger partial charge in [0.2, 0.25) is 5.91 Å². The van der Waals surface area contributed by atoms with Gasteiger partial charge in [-0.2, -0.15) is 0 Å². The van der Waals surface area contributed by atoms with Crippen LogP contribution in [-0.4, -0.2) is 34.7 Å². The van der Waals surface area contributed by atoms with Gasteiger partial charge in [-0.3, -0.25) is 4.79 Å². The summed E-state index contributed by atoms with van der Waals surface area (Å²) in [6, 6.07) is -1.19. The lowest BCUT2D eigenvalue weighted by Crippen LogP contribution is -2.45. The molecule has 1 rings (SSSR count). The van der Waals surface area contributed by atoms with Crippen molar-refractivity contribution >= 4 is 11.9 Å². The van der Waals surface area contributed by atoms with Crippen molar-refractivity contribution in [2.75, 3.05) is 6.61 Å². The Morgan fingerprint density at radius 1 is 1.43 bits per heavy atom. The van der Waals surface area contributed by atoms with E-state index >= 15 is 0 Å². The van der Waals surface area contributed by atoms with Gasteiger partial charge in [0.1, 0.15) is 6.04 Å². The molecule has 0 saturated heterocycles. The minimum atomic E-state index is -1.22. The number of aliphatic hydroxyl groups is 1. The lowest BCUT2D eigenvalue weighted by Gasteiger charge is -2.14. The first-order valence-corrected chi connectivity index (χ1v) is 4.44. The Labute approximate surface area is 81.4 Å². The maximum absolute atomic E-state index is 11.4. The summed E-state index contributed by atoms with van der Waals surface area (Å²) in [5.41, 5.74) is 0. The Balaban J connectivity index is 2.42. The number of rotatable bonds is 4. The second-order valence-electron chi connectivity index (χ2n) is 3.22. The van der Waals surface area contributed by atoms with Gasteiger partial charge in [-0.15, -0.1) is 0 Å². The Morgan fingerprint density at radius 2 is 2.00 bits per heavy atom. The molecule has 0 aromatic heterocycles. The second kappa shape index (κ2) is 4.76. The topological polar surface area (TPSA) is 86.6 Å². The molecule has 1 aliphatic rings. The number of carboxylic acids is 1. The van der Waals surface area contributed by atoms with E-state index in [-0.39, 0.29) is 11.8 Å². The third-order valence-electron chi connectivity index (χ3n) is 2.18. The van der Waals surface area contributed by atoms with Crippen LogP contribution in [-0.2, 0) is 9.59 Å². The van der Waals surface area contributed by atoms with Crippen LogP contribution in [0.1, 0.15) is 12.8 Å². The molecule has 0 spiro atoms. The molecule has 5 heteroatoms. The van der Waals surface area contributed by atoms with Gasteiger partial charge in [-0.1, -0.05) is 12.2 Å². The molecule has 0 saturated carbocycles. The Hall–Kier alpha value is -1.36. The highest BCUT2D eigenvalue weighted by Crippen LogP contribution is 2.17. The highest BCUT2D eigenvalue weighted by molar-refractivity contribution is 5.85. The average Bonchev–Trinajstić information content (AvgIpc) is 2.65. The van der Waals surface area contributed by atoms with E-state index in [2.05, 4.69) is 5.32 Å². The molecule has 0 radical (unpaired) electrons. The molecule has 3 N–H and O–H groups in total. The lowest BCUT2D eigenvalue weighted by molar-refractivity contribution is -0.143. The normalized spacial score (nSPS) is 18.1. The summed E-state index contributed by atoms with van der Waals surface area (Å²) in [4.78, 5) is 21.9. The molecule has 0 aromatic rings. The Bertz CT molecular complexity index is 254. The predicted molar refractivity (Wildman–Crippen MR) is 48.5 cm³/mol. The van der Waals surface area contributed by atoms with Crippen molar-refractivity contribution in [3.05, 3.63) is 12.2 Å². The van der Waals surface area contributed by atoms with Gasteiger partial charge in [0, 0.05) is 5.92 Å². The van der Waals surface area contributed by atoms with Gasteiger partial charge in [-0.25, -0.2) is 4.79 Å². The fourth-order valence-corrected chi connectivity index (χ4v) is 1.31. The number of carbonyl (C=O) groups is 2. The van der Waals surface area contributed by atoms with Crippen LogP contribution >= 0.6 is 0 Å². The minimum Gasteiger partial charge on any atom is -0.480 e. The number of amides is 1. The van der Waals surface area contributed by atoms with E-state index in [4.69, 9.17) is 10.2 Å². The molecule has 1 atom stereocenters. The zero-order chi connectivity index (χ0) is 10.6. The first kappa shape index (κ1) is 10.7. The van der Waals surface area contributed by atoms with E-state index in [0.717, 1.165) is 0 Å². The third-order valence-corrected chi connectivity index (χ3v) is 2.18. The largest absolute Gasteiger partial charge is 0.480 e. The van der Waals surface area contributed by atoms with Crippen LogP contribution in [0.4, 0.5) is 0 Å². The summed E-state index contributed by atoms with van der Waals surface area (Å²) in [5.74, 6) is -1.70. The van der Waals surface area contributed by atoms with Crippen molar-refractivity contribution in [1.29, 1.82) is 0 Å². The Morgan fingerprint density at radius 3 is 2.43 bits per heavy atom. The van der Waals surface area contributed by atoms with Crippen LogP contribution in [0, 0.1) is 5.92 Å². The highest BCUT2D eigenvalue weighted by Gasteiger charge is 2.24. The van der Waals surface area contributed by atoms with E-state index < -0.39 is 18.6 Å². The smallest absolute Gasteiger partial charge is 0.328 e. The van der Waals surface area contributed by atoms with Crippen LogP contribution in [0.5, 0.6) is 0 Å². The van der Waals surface area contributed by atoms with E-state index in [1.54, 1.807) is 0 Å². The number of hydrogen-bond acceptors (Lipinski definition) is 3. The molecule has 1 amide bonds. The first-order valence-electron chi connectivity index (χ1n) is 4.44. The summed E-state index contributed by atoms with van der Waals surface area (Å²) in [5, 5.41) is 19.5. The van der Waals surface area contributed by atoms with Crippen molar-refractivity contribution in [1.82, 2.24) is 5.32 Å². The van der Waals surface area contributed by atoms with Gasteiger partial charge in [0.15, 0.2) is 0 Å². The van der Waals surface area contributed by atoms with Crippen LogP contribution in [0.25, 0.3) is 0 Å². The molecule has 78 valence electrons. The maximum Gasteiger partial charge on any atom is 0.328 e. The molecule has 1 unspecified atom stereocenters. The molecule has 1 aliphatic carbocycles. The summed E-state index contributed by atoms with van der Waals surface area (Å²) in [6.45, 7) is -0.582. The number of aliphatic carboxylic acids is 1. The SMILES string of the molecule is O=C(NC(CO)C(=O)O)C1CC=CC1. The van der Waals surface area contributed by atoms with Crippen LogP contribution < -0.4 is 5.32 Å². The lowest BCUT2D eigenvalue weighted by atomic mass is 10.1. The fourth-order valence-electron chi connectivity index (χ4n) is 1.31. The molecule has 0 aromatic carbocycles. The molecular formula is C9H13NO4. The van der Waals surface area contributed by atoms with Crippen LogP contribution in [0.2, 0.25) is 0 Å². The number of carboxylic acid groups (broad SMARTS) is 1. The monoisotopic (exact) mass is 199 g/mol. The predicted octanol–water partition coefficient (Wildman–Crippen LogP) is -0.486. The molecule has 0 aliphatic heterocycles. The fraction of sp³-hybridized carbons (Fsp3) is 0.556. The number of hydrogen-bond donors (Lipinski definition) is 3. The summed E-state index contributed by atoms with van der Waals surface area (Å²) in [7, 11) is 0. The number of carbonyl (C=O) groups excluding carboxylic acids is 1. The van der Waals surface area contributed by atoms with Crippen LogP contribution in [0.15, 0.2) is 12.2 Å². The third kappa shape index (κ3) is 2.56. The second-order valence-corrected chi connectivity index (χ2v) is 3.22. The standard InChI is InChI=1S/C9H13NO4/c11-5-7(9(13)14)10-8(12)6-3-1-2-4-6/h1-2,6-7,11H,3-5H2,(H,10,12)(H,13,14). The van der Waals surface area contributed by atoms with E-state index in [1.807, 2.05) is 12.2 Å². The van der Waals surface area contributed by atoms with Crippen molar-refractivity contribution in [2.45, 2.75) is 18.9 Å². The van der Waals surface area contributed by atoms with Gasteiger partial charge in [0.25, 0.3) is 0 Å². The van der Waals surface area contributed by atoms with Crippen molar-refractivity contribution < 1.29 is 19.8 Å². The quantitative estimate of drug-likeness (QED) is 0.533.